The standard InChI is InChI=1S/C23H29N7O2/c1-15-12-16(2)30(28-15)20-8-6-18(24-26-20)22(31)29-11-10-17(13-29)14-32-21-9-7-19(25-27-21)23(3,4)5/h6-9,12,17H,10-11,13-14H2,1-5H3. The molecule has 9 nitrogen and oxygen atoms in total. The number of aromatic nitrogens is 6. The number of carbonyl (C=O) groups excluding carboxylic acids is 1. The summed E-state index contributed by atoms with van der Waals surface area (Å²) in [5, 5.41) is 21.2. The maximum absolute atomic E-state index is 12.9. The molecule has 0 aliphatic carbocycles. The SMILES string of the molecule is Cc1cc(C)n(-c2ccc(C(=O)N3CCC(COc4ccc(C(C)(C)C)nn4)C3)nn2)n1. The molecule has 4 rings (SSSR count). The molecule has 1 unspecified atom stereocenters. The summed E-state index contributed by atoms with van der Waals surface area (Å²) in [7, 11) is 0. The number of rotatable bonds is 5. The van der Waals surface area contributed by atoms with Gasteiger partial charge in [0.15, 0.2) is 11.5 Å². The molecule has 1 amide bonds. The van der Waals surface area contributed by atoms with Gasteiger partial charge in [0.05, 0.1) is 18.0 Å². The second kappa shape index (κ2) is 8.64. The Morgan fingerprint density at radius 3 is 2.50 bits per heavy atom. The zero-order chi connectivity index (χ0) is 22.9. The minimum absolute atomic E-state index is 0.0465. The Hall–Kier alpha value is -3.36. The highest BCUT2D eigenvalue weighted by molar-refractivity contribution is 5.92. The molecular weight excluding hydrogens is 406 g/mol. The highest BCUT2D eigenvalue weighted by Gasteiger charge is 2.28. The van der Waals surface area contributed by atoms with Gasteiger partial charge in [0.2, 0.25) is 5.88 Å². The van der Waals surface area contributed by atoms with Gasteiger partial charge in [0.1, 0.15) is 0 Å². The Balaban J connectivity index is 1.32. The molecule has 3 aromatic rings. The second-order valence-corrected chi connectivity index (χ2v) is 9.34. The van der Waals surface area contributed by atoms with Gasteiger partial charge in [0, 0.05) is 36.2 Å². The van der Waals surface area contributed by atoms with Crippen molar-refractivity contribution in [3.05, 3.63) is 53.1 Å². The van der Waals surface area contributed by atoms with E-state index >= 15 is 0 Å². The molecule has 1 aliphatic heterocycles. The van der Waals surface area contributed by atoms with Gasteiger partial charge in [0.25, 0.3) is 5.91 Å². The third-order valence-corrected chi connectivity index (χ3v) is 5.54. The Morgan fingerprint density at radius 1 is 1.09 bits per heavy atom. The Bertz CT molecular complexity index is 1090. The molecule has 1 saturated heterocycles. The van der Waals surface area contributed by atoms with E-state index in [4.69, 9.17) is 4.74 Å². The molecule has 0 spiro atoms. The van der Waals surface area contributed by atoms with Crippen molar-refractivity contribution in [3.63, 3.8) is 0 Å². The van der Waals surface area contributed by atoms with Gasteiger partial charge < -0.3 is 9.64 Å². The van der Waals surface area contributed by atoms with E-state index in [1.807, 2.05) is 32.0 Å². The maximum atomic E-state index is 12.9. The number of aryl methyl sites for hydroxylation is 2. The average Bonchev–Trinajstić information content (AvgIpc) is 3.37. The van der Waals surface area contributed by atoms with Crippen LogP contribution in [0.15, 0.2) is 30.3 Å². The first kappa shape index (κ1) is 21.9. The molecule has 3 aromatic heterocycles. The van der Waals surface area contributed by atoms with Crippen LogP contribution in [0.1, 0.15) is 54.8 Å². The maximum Gasteiger partial charge on any atom is 0.274 e. The largest absolute Gasteiger partial charge is 0.476 e. The van der Waals surface area contributed by atoms with Crippen molar-refractivity contribution in [3.8, 4) is 11.7 Å². The summed E-state index contributed by atoms with van der Waals surface area (Å²) in [5.41, 5.74) is 3.09. The predicted octanol–water partition coefficient (Wildman–Crippen LogP) is 2.91. The van der Waals surface area contributed by atoms with Crippen LogP contribution in [0.4, 0.5) is 0 Å². The van der Waals surface area contributed by atoms with Crippen LogP contribution in [0, 0.1) is 19.8 Å². The molecule has 1 aliphatic rings. The molecule has 0 radical (unpaired) electrons. The monoisotopic (exact) mass is 435 g/mol. The van der Waals surface area contributed by atoms with Crippen molar-refractivity contribution in [2.24, 2.45) is 5.92 Å². The molecule has 9 heteroatoms. The summed E-state index contributed by atoms with van der Waals surface area (Å²) in [4.78, 5) is 14.7. The fourth-order valence-corrected chi connectivity index (χ4v) is 3.73. The van der Waals surface area contributed by atoms with Crippen molar-refractivity contribution in [1.82, 2.24) is 35.1 Å². The van der Waals surface area contributed by atoms with E-state index in [1.165, 1.54) is 0 Å². The van der Waals surface area contributed by atoms with Crippen LogP contribution in [0.5, 0.6) is 5.88 Å². The second-order valence-electron chi connectivity index (χ2n) is 9.34. The fraction of sp³-hybridized carbons (Fsp3) is 0.478. The summed E-state index contributed by atoms with van der Waals surface area (Å²) < 4.78 is 7.54. The van der Waals surface area contributed by atoms with Gasteiger partial charge in [-0.3, -0.25) is 4.79 Å². The molecule has 0 bridgehead atoms. The first-order chi connectivity index (χ1) is 15.2. The van der Waals surface area contributed by atoms with E-state index in [9.17, 15) is 4.79 Å². The summed E-state index contributed by atoms with van der Waals surface area (Å²) in [6.45, 7) is 12.0. The van der Waals surface area contributed by atoms with Crippen LogP contribution in [-0.2, 0) is 5.41 Å². The van der Waals surface area contributed by atoms with Gasteiger partial charge in [-0.15, -0.1) is 15.3 Å². The van der Waals surface area contributed by atoms with E-state index in [-0.39, 0.29) is 17.2 Å². The fourth-order valence-electron chi connectivity index (χ4n) is 3.73. The third kappa shape index (κ3) is 4.76. The molecule has 0 aromatic carbocycles. The lowest BCUT2D eigenvalue weighted by Crippen LogP contribution is -2.30. The van der Waals surface area contributed by atoms with Crippen LogP contribution < -0.4 is 4.74 Å². The normalized spacial score (nSPS) is 16.4. The van der Waals surface area contributed by atoms with Gasteiger partial charge in [-0.05, 0) is 44.5 Å². The number of likely N-dealkylation sites (tertiary alicyclic amines) is 1. The lowest BCUT2D eigenvalue weighted by molar-refractivity contribution is 0.0775. The smallest absolute Gasteiger partial charge is 0.274 e. The predicted molar refractivity (Wildman–Crippen MR) is 119 cm³/mol. The number of amides is 1. The van der Waals surface area contributed by atoms with Crippen molar-refractivity contribution in [1.29, 1.82) is 0 Å². The number of ether oxygens (including phenoxy) is 1. The average molecular weight is 436 g/mol. The number of hydrogen-bond donors (Lipinski definition) is 0. The van der Waals surface area contributed by atoms with Crippen LogP contribution in [0.2, 0.25) is 0 Å². The number of carbonyl (C=O) groups is 1. The molecule has 4 heterocycles. The van der Waals surface area contributed by atoms with E-state index < -0.39 is 0 Å². The Labute approximate surface area is 187 Å². The van der Waals surface area contributed by atoms with E-state index in [2.05, 4.69) is 46.3 Å². The Kier molecular flexibility index (Phi) is 5.90. The van der Waals surface area contributed by atoms with Crippen LogP contribution in [-0.4, -0.2) is 60.7 Å². The molecular formula is C23H29N7O2. The topological polar surface area (TPSA) is 98.9 Å². The summed E-state index contributed by atoms with van der Waals surface area (Å²) in [5.74, 6) is 1.23. The Morgan fingerprint density at radius 2 is 1.91 bits per heavy atom. The highest BCUT2D eigenvalue weighted by Crippen LogP contribution is 2.22. The molecule has 168 valence electrons. The lowest BCUT2D eigenvalue weighted by atomic mass is 9.92. The first-order valence-electron chi connectivity index (χ1n) is 10.8. The van der Waals surface area contributed by atoms with Crippen LogP contribution in [0.3, 0.4) is 0 Å². The zero-order valence-electron chi connectivity index (χ0n) is 19.2. The van der Waals surface area contributed by atoms with Crippen LogP contribution >= 0.6 is 0 Å². The van der Waals surface area contributed by atoms with E-state index in [1.54, 1.807) is 21.7 Å². The van der Waals surface area contributed by atoms with Crippen LogP contribution in [0.25, 0.3) is 5.82 Å². The van der Waals surface area contributed by atoms with E-state index in [0.717, 1.165) is 23.5 Å². The van der Waals surface area contributed by atoms with Gasteiger partial charge in [-0.25, -0.2) is 4.68 Å². The van der Waals surface area contributed by atoms with Gasteiger partial charge >= 0.3 is 0 Å². The molecule has 32 heavy (non-hydrogen) atoms. The number of nitrogens with zero attached hydrogens (tertiary/aromatic N) is 7. The first-order valence-corrected chi connectivity index (χ1v) is 10.8. The van der Waals surface area contributed by atoms with Gasteiger partial charge in [-0.1, -0.05) is 20.8 Å². The minimum Gasteiger partial charge on any atom is -0.476 e. The summed E-state index contributed by atoms with van der Waals surface area (Å²) in [6.07, 6.45) is 0.872. The van der Waals surface area contributed by atoms with Crippen molar-refractivity contribution < 1.29 is 9.53 Å². The highest BCUT2D eigenvalue weighted by atomic mass is 16.5. The van der Waals surface area contributed by atoms with Gasteiger partial charge in [-0.2, -0.15) is 10.2 Å². The molecule has 1 atom stereocenters. The third-order valence-electron chi connectivity index (χ3n) is 5.54. The molecule has 1 fully saturated rings. The molecule has 0 N–H and O–H groups in total. The molecule has 0 saturated carbocycles. The van der Waals surface area contributed by atoms with E-state index in [0.29, 0.717) is 37.1 Å². The number of hydrogen-bond acceptors (Lipinski definition) is 7. The summed E-state index contributed by atoms with van der Waals surface area (Å²) in [6, 6.07) is 9.25. The lowest BCUT2D eigenvalue weighted by Gasteiger charge is -2.17. The zero-order valence-corrected chi connectivity index (χ0v) is 19.2. The van der Waals surface area contributed by atoms with Crippen molar-refractivity contribution >= 4 is 5.91 Å². The van der Waals surface area contributed by atoms with Crippen molar-refractivity contribution in [2.75, 3.05) is 19.7 Å². The minimum atomic E-state index is -0.116. The quantitative estimate of drug-likeness (QED) is 0.607. The van der Waals surface area contributed by atoms with Crippen molar-refractivity contribution in [2.45, 2.75) is 46.5 Å². The summed E-state index contributed by atoms with van der Waals surface area (Å²) >= 11 is 0.